The topological polar surface area (TPSA) is 184 Å². The third-order valence-corrected chi connectivity index (χ3v) is 10.5. The van der Waals surface area contributed by atoms with Crippen LogP contribution in [0.15, 0.2) is 115 Å². The number of benzene rings is 4. The molecule has 4 aromatic carbocycles. The van der Waals surface area contributed by atoms with Gasteiger partial charge in [-0.3, -0.25) is 29.4 Å². The van der Waals surface area contributed by atoms with E-state index in [2.05, 4.69) is 46.0 Å². The summed E-state index contributed by atoms with van der Waals surface area (Å²) in [4.78, 5) is 82.7. The molecule has 0 saturated carbocycles. The Morgan fingerprint density at radius 3 is 1.24 bits per heavy atom. The molecule has 4 aromatic rings. The van der Waals surface area contributed by atoms with Gasteiger partial charge >= 0.3 is 5.97 Å². The summed E-state index contributed by atoms with van der Waals surface area (Å²) in [6.45, 7) is 11.8. The molecule has 0 bridgehead atoms. The number of carbonyl (C=O) groups excluding carboxylic acids is 6. The molecule has 13 nitrogen and oxygen atoms in total. The molecule has 63 heavy (non-hydrogen) atoms. The van der Waals surface area contributed by atoms with Crippen LogP contribution in [0.1, 0.15) is 92.9 Å². The fraction of sp³-hybridized carbons (Fsp3) is 0.400. The zero-order valence-electron chi connectivity index (χ0n) is 37.5. The van der Waals surface area contributed by atoms with Gasteiger partial charge in [0.05, 0.1) is 7.11 Å². The van der Waals surface area contributed by atoms with Crippen molar-refractivity contribution in [1.82, 2.24) is 32.1 Å². The normalized spacial score (nSPS) is 13.6. The van der Waals surface area contributed by atoms with E-state index in [1.807, 2.05) is 131 Å². The van der Waals surface area contributed by atoms with E-state index in [1.165, 1.54) is 7.11 Å². The van der Waals surface area contributed by atoms with Gasteiger partial charge in [-0.1, -0.05) is 145 Å². The Kier molecular flexibility index (Phi) is 19.5. The summed E-state index contributed by atoms with van der Waals surface area (Å²) in [5.41, 5.74) is 9.47. The molecule has 0 fully saturated rings. The summed E-state index contributed by atoms with van der Waals surface area (Å²) in [5.74, 6) is -3.17. The van der Waals surface area contributed by atoms with E-state index in [0.717, 1.165) is 22.3 Å². The highest BCUT2D eigenvalue weighted by molar-refractivity contribution is 5.96. The third-order valence-electron chi connectivity index (χ3n) is 10.5. The quantitative estimate of drug-likeness (QED) is 0.0427. The van der Waals surface area contributed by atoms with Crippen molar-refractivity contribution in [1.29, 1.82) is 0 Å². The molecule has 5 amide bonds. The smallest absolute Gasteiger partial charge is 0.328 e. The average Bonchev–Trinajstić information content (AvgIpc) is 3.27. The number of methoxy groups -OCH3 is 1. The van der Waals surface area contributed by atoms with Crippen molar-refractivity contribution in [3.05, 3.63) is 143 Å². The number of hydrogen-bond acceptors (Lipinski definition) is 8. The van der Waals surface area contributed by atoms with Gasteiger partial charge < -0.3 is 26.0 Å². The van der Waals surface area contributed by atoms with Gasteiger partial charge in [0.2, 0.25) is 23.6 Å². The fourth-order valence-corrected chi connectivity index (χ4v) is 7.04. The van der Waals surface area contributed by atoms with Crippen LogP contribution in [-0.4, -0.2) is 72.8 Å². The Hall–Kier alpha value is -6.34. The van der Waals surface area contributed by atoms with Crippen molar-refractivity contribution >= 4 is 35.5 Å². The first-order valence-corrected chi connectivity index (χ1v) is 21.7. The highest BCUT2D eigenvalue weighted by atomic mass is 16.5. The minimum atomic E-state index is -1.16. The molecule has 0 unspecified atom stereocenters. The molecule has 13 heteroatoms. The van der Waals surface area contributed by atoms with E-state index in [1.54, 1.807) is 12.1 Å². The molecule has 0 spiro atoms. The first-order valence-electron chi connectivity index (χ1n) is 21.7. The molecular formula is C50H64N6O7. The molecule has 0 saturated heterocycles. The van der Waals surface area contributed by atoms with Crippen LogP contribution >= 0.6 is 0 Å². The van der Waals surface area contributed by atoms with Crippen molar-refractivity contribution in [3.63, 3.8) is 0 Å². The Bertz CT molecular complexity index is 2080. The number of esters is 1. The standard InChI is InChI=1S/C50H64N6O7/c1-32(2)27-40(52-49(61)43(30-36-19-13-9-14-20-36)55-56-45(57)39-25-23-38(24-26-39)34(5)6)46(58)53-42(29-35-17-11-8-12-18-35)48(60)51-41(28-33(3)4)47(59)54-44(50(62)63-7)31-37-21-15-10-16-22-37/h8-26,32-34,40-44,55H,27-31H2,1-7H3,(H,51,60)(H,52,61)(H,53,58)(H,54,59)(H,56,57)/t40-,41-,42+,43+,44+/m1/s1. The first-order chi connectivity index (χ1) is 30.1. The largest absolute Gasteiger partial charge is 0.467 e. The number of hydrazine groups is 1. The van der Waals surface area contributed by atoms with Gasteiger partial charge in [0.25, 0.3) is 5.91 Å². The van der Waals surface area contributed by atoms with E-state index in [9.17, 15) is 28.8 Å². The lowest BCUT2D eigenvalue weighted by molar-refractivity contribution is -0.145. The summed E-state index contributed by atoms with van der Waals surface area (Å²) in [6.07, 6.45) is 0.925. The van der Waals surface area contributed by atoms with Crippen molar-refractivity contribution < 1.29 is 33.5 Å². The summed E-state index contributed by atoms with van der Waals surface area (Å²) >= 11 is 0. The number of rotatable bonds is 23. The Morgan fingerprint density at radius 1 is 0.460 bits per heavy atom. The van der Waals surface area contributed by atoms with E-state index < -0.39 is 65.7 Å². The van der Waals surface area contributed by atoms with Crippen molar-refractivity contribution in [3.8, 4) is 0 Å². The fourth-order valence-electron chi connectivity index (χ4n) is 7.04. The van der Waals surface area contributed by atoms with E-state index in [-0.39, 0.29) is 43.9 Å². The molecule has 0 aliphatic rings. The number of amides is 5. The second-order valence-electron chi connectivity index (χ2n) is 17.0. The maximum absolute atomic E-state index is 14.3. The molecule has 0 radical (unpaired) electrons. The van der Waals surface area contributed by atoms with Gasteiger partial charge in [-0.25, -0.2) is 10.2 Å². The van der Waals surface area contributed by atoms with E-state index in [0.29, 0.717) is 11.5 Å². The first kappa shape index (κ1) is 49.3. The molecule has 5 atom stereocenters. The van der Waals surface area contributed by atoms with Crippen molar-refractivity contribution in [2.45, 2.75) is 110 Å². The Morgan fingerprint density at radius 2 is 0.825 bits per heavy atom. The van der Waals surface area contributed by atoms with Gasteiger partial charge in [-0.2, -0.15) is 0 Å². The highest BCUT2D eigenvalue weighted by Gasteiger charge is 2.33. The van der Waals surface area contributed by atoms with Gasteiger partial charge in [-0.05, 0) is 71.4 Å². The van der Waals surface area contributed by atoms with Crippen LogP contribution in [-0.2, 0) is 48.0 Å². The lowest BCUT2D eigenvalue weighted by Crippen LogP contribution is -2.60. The van der Waals surface area contributed by atoms with Crippen molar-refractivity contribution in [2.24, 2.45) is 11.8 Å². The lowest BCUT2D eigenvalue weighted by atomic mass is 9.99. The lowest BCUT2D eigenvalue weighted by Gasteiger charge is -2.28. The molecule has 6 N–H and O–H groups in total. The van der Waals surface area contributed by atoms with Crippen LogP contribution < -0.4 is 32.1 Å². The molecule has 0 aliphatic heterocycles. The summed E-state index contributed by atoms with van der Waals surface area (Å²) in [7, 11) is 1.25. The molecule has 0 heterocycles. The van der Waals surface area contributed by atoms with Gasteiger partial charge in [0, 0.05) is 18.4 Å². The van der Waals surface area contributed by atoms with Crippen molar-refractivity contribution in [2.75, 3.05) is 7.11 Å². The molecule has 0 aliphatic carbocycles. The van der Waals surface area contributed by atoms with Crippen LogP contribution in [0.25, 0.3) is 0 Å². The maximum Gasteiger partial charge on any atom is 0.328 e. The van der Waals surface area contributed by atoms with E-state index >= 15 is 0 Å². The Labute approximate surface area is 371 Å². The monoisotopic (exact) mass is 860 g/mol. The zero-order chi connectivity index (χ0) is 45.9. The molecule has 0 aromatic heterocycles. The average molecular weight is 861 g/mol. The third kappa shape index (κ3) is 16.5. The predicted octanol–water partition coefficient (Wildman–Crippen LogP) is 5.35. The highest BCUT2D eigenvalue weighted by Crippen LogP contribution is 2.16. The number of hydrogen-bond donors (Lipinski definition) is 6. The second-order valence-corrected chi connectivity index (χ2v) is 17.0. The number of ether oxygens (including phenoxy) is 1. The van der Waals surface area contributed by atoms with Gasteiger partial charge in [-0.15, -0.1) is 0 Å². The van der Waals surface area contributed by atoms with Gasteiger partial charge in [0.15, 0.2) is 0 Å². The number of nitrogens with one attached hydrogen (secondary N) is 6. The molecule has 336 valence electrons. The van der Waals surface area contributed by atoms with E-state index in [4.69, 9.17) is 4.74 Å². The second kappa shape index (κ2) is 24.9. The van der Waals surface area contributed by atoms with Crippen LogP contribution in [0, 0.1) is 11.8 Å². The molecule has 4 rings (SSSR count). The van der Waals surface area contributed by atoms with Gasteiger partial charge in [0.1, 0.15) is 30.2 Å². The zero-order valence-corrected chi connectivity index (χ0v) is 37.5. The number of carbonyl (C=O) groups is 6. The predicted molar refractivity (Wildman–Crippen MR) is 244 cm³/mol. The van der Waals surface area contributed by atoms with Crippen LogP contribution in [0.5, 0.6) is 0 Å². The minimum absolute atomic E-state index is 0.0350. The maximum atomic E-state index is 14.3. The summed E-state index contributed by atoms with van der Waals surface area (Å²) in [6, 6.07) is 29.6. The minimum Gasteiger partial charge on any atom is -0.467 e. The van der Waals surface area contributed by atoms with Crippen LogP contribution in [0.4, 0.5) is 0 Å². The van der Waals surface area contributed by atoms with Crippen LogP contribution in [0.2, 0.25) is 0 Å². The SMILES string of the molecule is COC(=O)[C@H](Cc1ccccc1)NC(=O)[C@@H](CC(C)C)NC(=O)[C@H](Cc1ccccc1)NC(=O)[C@@H](CC(C)C)NC(=O)[C@H](Cc1ccccc1)NNC(=O)c1ccc(C(C)C)cc1. The Balaban J connectivity index is 1.55. The van der Waals surface area contributed by atoms with Crippen LogP contribution in [0.3, 0.4) is 0 Å². The summed E-state index contributed by atoms with van der Waals surface area (Å²) < 4.78 is 5.01. The molecular weight excluding hydrogens is 797 g/mol. The summed E-state index contributed by atoms with van der Waals surface area (Å²) in [5, 5.41) is 11.4.